The second-order valence-corrected chi connectivity index (χ2v) is 5.36. The van der Waals surface area contributed by atoms with Gasteiger partial charge in [-0.25, -0.2) is 0 Å². The summed E-state index contributed by atoms with van der Waals surface area (Å²) in [7, 11) is 2.12. The summed E-state index contributed by atoms with van der Waals surface area (Å²) in [4.78, 5) is 2.52. The van der Waals surface area contributed by atoms with E-state index in [1.165, 1.54) is 71.0 Å². The van der Waals surface area contributed by atoms with E-state index in [-0.39, 0.29) is 0 Å². The molecule has 0 spiro atoms. The van der Waals surface area contributed by atoms with Gasteiger partial charge in [-0.05, 0) is 39.5 Å². The summed E-state index contributed by atoms with van der Waals surface area (Å²) < 4.78 is 0. The fraction of sp³-hybridized carbons (Fsp3) is 1.00. The Hall–Kier alpha value is -0.0800. The van der Waals surface area contributed by atoms with Gasteiger partial charge in [0.25, 0.3) is 0 Å². The number of rotatable bonds is 13. The van der Waals surface area contributed by atoms with E-state index < -0.39 is 0 Å². The maximum absolute atomic E-state index is 3.48. The maximum Gasteiger partial charge on any atom is 0.00762 e. The van der Waals surface area contributed by atoms with Gasteiger partial charge in [-0.3, -0.25) is 0 Å². The lowest BCUT2D eigenvalue weighted by Crippen LogP contribution is -2.32. The molecule has 2 nitrogen and oxygen atoms in total. The van der Waals surface area contributed by atoms with Crippen molar-refractivity contribution in [2.24, 2.45) is 0 Å². The fourth-order valence-electron chi connectivity index (χ4n) is 2.48. The van der Waals surface area contributed by atoms with Crippen molar-refractivity contribution in [1.82, 2.24) is 10.2 Å². The van der Waals surface area contributed by atoms with Gasteiger partial charge in [0.1, 0.15) is 0 Å². The van der Waals surface area contributed by atoms with Crippen molar-refractivity contribution >= 4 is 0 Å². The Morgan fingerprint density at radius 3 is 2.00 bits per heavy atom. The predicted molar refractivity (Wildman–Crippen MR) is 83.2 cm³/mol. The zero-order valence-corrected chi connectivity index (χ0v) is 13.3. The molecule has 1 N–H and O–H groups in total. The SMILES string of the molecule is CCCCCCCCC(CCN(CC)CC)NC. The zero-order chi connectivity index (χ0) is 13.6. The predicted octanol–water partition coefficient (Wildman–Crippen LogP) is 4.06. The summed E-state index contributed by atoms with van der Waals surface area (Å²) >= 11 is 0. The Labute approximate surface area is 116 Å². The van der Waals surface area contributed by atoms with Crippen molar-refractivity contribution in [3.05, 3.63) is 0 Å². The lowest BCUT2D eigenvalue weighted by Gasteiger charge is -2.22. The molecule has 0 heterocycles. The molecule has 0 aromatic heterocycles. The Kier molecular flexibility index (Phi) is 13.3. The summed E-state index contributed by atoms with van der Waals surface area (Å²) in [5, 5.41) is 3.48. The molecule has 0 aliphatic heterocycles. The molecular formula is C16H36N2. The van der Waals surface area contributed by atoms with E-state index in [2.05, 4.69) is 38.0 Å². The summed E-state index contributed by atoms with van der Waals surface area (Å²) in [6.45, 7) is 10.4. The monoisotopic (exact) mass is 256 g/mol. The summed E-state index contributed by atoms with van der Waals surface area (Å²) in [5.41, 5.74) is 0. The topological polar surface area (TPSA) is 15.3 Å². The van der Waals surface area contributed by atoms with Crippen molar-refractivity contribution in [1.29, 1.82) is 0 Å². The molecule has 0 aliphatic carbocycles. The van der Waals surface area contributed by atoms with Gasteiger partial charge < -0.3 is 10.2 Å². The molecule has 0 aliphatic rings. The van der Waals surface area contributed by atoms with Crippen LogP contribution in [0.5, 0.6) is 0 Å². The molecule has 18 heavy (non-hydrogen) atoms. The van der Waals surface area contributed by atoms with Gasteiger partial charge in [-0.15, -0.1) is 0 Å². The molecule has 0 radical (unpaired) electrons. The van der Waals surface area contributed by atoms with Crippen LogP contribution in [0.15, 0.2) is 0 Å². The average Bonchev–Trinajstić information content (AvgIpc) is 2.41. The fourth-order valence-corrected chi connectivity index (χ4v) is 2.48. The normalized spacial score (nSPS) is 13.2. The highest BCUT2D eigenvalue weighted by Crippen LogP contribution is 2.10. The van der Waals surface area contributed by atoms with Gasteiger partial charge in [-0.1, -0.05) is 59.3 Å². The van der Waals surface area contributed by atoms with Crippen molar-refractivity contribution in [3.63, 3.8) is 0 Å². The van der Waals surface area contributed by atoms with E-state index >= 15 is 0 Å². The second kappa shape index (κ2) is 13.4. The molecule has 2 heteroatoms. The van der Waals surface area contributed by atoms with Crippen LogP contribution in [0.1, 0.15) is 72.1 Å². The van der Waals surface area contributed by atoms with E-state index in [1.54, 1.807) is 0 Å². The highest BCUT2D eigenvalue weighted by molar-refractivity contribution is 4.67. The minimum Gasteiger partial charge on any atom is -0.317 e. The van der Waals surface area contributed by atoms with E-state index in [1.807, 2.05) is 0 Å². The Morgan fingerprint density at radius 2 is 1.44 bits per heavy atom. The van der Waals surface area contributed by atoms with Crippen LogP contribution in [0, 0.1) is 0 Å². The van der Waals surface area contributed by atoms with Crippen molar-refractivity contribution < 1.29 is 0 Å². The first-order valence-electron chi connectivity index (χ1n) is 8.18. The minimum atomic E-state index is 0.719. The summed E-state index contributed by atoms with van der Waals surface area (Å²) in [5.74, 6) is 0. The van der Waals surface area contributed by atoms with Crippen LogP contribution in [0.4, 0.5) is 0 Å². The molecule has 1 atom stereocenters. The van der Waals surface area contributed by atoms with Crippen molar-refractivity contribution in [2.45, 2.75) is 78.2 Å². The van der Waals surface area contributed by atoms with E-state index in [0.717, 1.165) is 6.04 Å². The number of hydrogen-bond acceptors (Lipinski definition) is 2. The first kappa shape index (κ1) is 17.9. The first-order valence-corrected chi connectivity index (χ1v) is 8.18. The number of nitrogens with zero attached hydrogens (tertiary/aromatic N) is 1. The third kappa shape index (κ3) is 9.90. The van der Waals surface area contributed by atoms with Gasteiger partial charge in [0.2, 0.25) is 0 Å². The zero-order valence-electron chi connectivity index (χ0n) is 13.3. The van der Waals surface area contributed by atoms with Gasteiger partial charge in [-0.2, -0.15) is 0 Å². The number of hydrogen-bond donors (Lipinski definition) is 1. The quantitative estimate of drug-likeness (QED) is 0.500. The van der Waals surface area contributed by atoms with Crippen LogP contribution in [0.25, 0.3) is 0 Å². The van der Waals surface area contributed by atoms with Crippen molar-refractivity contribution in [3.8, 4) is 0 Å². The van der Waals surface area contributed by atoms with Crippen LogP contribution in [0.3, 0.4) is 0 Å². The highest BCUT2D eigenvalue weighted by atomic mass is 15.1. The lowest BCUT2D eigenvalue weighted by molar-refractivity contribution is 0.279. The van der Waals surface area contributed by atoms with Crippen LogP contribution in [-0.2, 0) is 0 Å². The van der Waals surface area contributed by atoms with Crippen LogP contribution >= 0.6 is 0 Å². The average molecular weight is 256 g/mol. The Morgan fingerprint density at radius 1 is 0.833 bits per heavy atom. The second-order valence-electron chi connectivity index (χ2n) is 5.36. The number of nitrogens with one attached hydrogen (secondary N) is 1. The summed E-state index contributed by atoms with van der Waals surface area (Å²) in [6.07, 6.45) is 11.1. The standard InChI is InChI=1S/C16H36N2/c1-5-8-9-10-11-12-13-16(17-4)14-15-18(6-2)7-3/h16-17H,5-15H2,1-4H3. The van der Waals surface area contributed by atoms with Crippen LogP contribution < -0.4 is 5.32 Å². The molecule has 0 aromatic rings. The van der Waals surface area contributed by atoms with Gasteiger partial charge in [0.05, 0.1) is 0 Å². The Bertz CT molecular complexity index is 155. The smallest absolute Gasteiger partial charge is 0.00762 e. The molecule has 0 saturated heterocycles. The van der Waals surface area contributed by atoms with E-state index in [4.69, 9.17) is 0 Å². The van der Waals surface area contributed by atoms with Crippen molar-refractivity contribution in [2.75, 3.05) is 26.7 Å². The van der Waals surface area contributed by atoms with E-state index in [9.17, 15) is 0 Å². The Balaban J connectivity index is 3.51. The first-order chi connectivity index (χ1) is 8.78. The maximum atomic E-state index is 3.48. The van der Waals surface area contributed by atoms with Gasteiger partial charge >= 0.3 is 0 Å². The number of unbranched alkanes of at least 4 members (excludes halogenated alkanes) is 5. The van der Waals surface area contributed by atoms with Crippen LogP contribution in [0.2, 0.25) is 0 Å². The molecule has 0 aromatic carbocycles. The summed E-state index contributed by atoms with van der Waals surface area (Å²) in [6, 6.07) is 0.719. The third-order valence-electron chi connectivity index (χ3n) is 4.00. The molecule has 0 bridgehead atoms. The molecule has 110 valence electrons. The molecule has 0 saturated carbocycles. The van der Waals surface area contributed by atoms with Crippen LogP contribution in [-0.4, -0.2) is 37.6 Å². The van der Waals surface area contributed by atoms with Gasteiger partial charge in [0.15, 0.2) is 0 Å². The third-order valence-corrected chi connectivity index (χ3v) is 4.00. The lowest BCUT2D eigenvalue weighted by atomic mass is 10.0. The molecule has 0 rings (SSSR count). The largest absolute Gasteiger partial charge is 0.317 e. The van der Waals surface area contributed by atoms with Gasteiger partial charge in [0, 0.05) is 6.04 Å². The minimum absolute atomic E-state index is 0.719. The molecular weight excluding hydrogens is 220 g/mol. The molecule has 0 amide bonds. The highest BCUT2D eigenvalue weighted by Gasteiger charge is 2.07. The van der Waals surface area contributed by atoms with E-state index in [0.29, 0.717) is 0 Å². The molecule has 1 unspecified atom stereocenters. The molecule has 0 fully saturated rings.